The molecule has 3 N–H and O–H groups in total. The van der Waals surface area contributed by atoms with E-state index in [4.69, 9.17) is 10.5 Å². The zero-order chi connectivity index (χ0) is 14.7. The van der Waals surface area contributed by atoms with Crippen molar-refractivity contribution in [2.75, 3.05) is 19.0 Å². The van der Waals surface area contributed by atoms with E-state index in [1.54, 1.807) is 31.4 Å². The van der Waals surface area contributed by atoms with E-state index in [1.807, 2.05) is 0 Å². The molecule has 6 heteroatoms. The number of nitrogens with two attached hydrogens (primary N) is 1. The number of likely N-dealkylation sites (tertiary alicyclic amines) is 1. The van der Waals surface area contributed by atoms with Crippen LogP contribution in [0.5, 0.6) is 5.75 Å². The first-order valence-corrected chi connectivity index (χ1v) is 6.19. The highest BCUT2D eigenvalue weighted by Gasteiger charge is 2.34. The van der Waals surface area contributed by atoms with E-state index in [-0.39, 0.29) is 6.03 Å². The van der Waals surface area contributed by atoms with E-state index < -0.39 is 11.9 Å². The summed E-state index contributed by atoms with van der Waals surface area (Å²) >= 11 is 0. The number of benzene rings is 1. The number of anilines is 1. The Morgan fingerprint density at radius 1 is 1.50 bits per heavy atom. The molecule has 0 aliphatic carbocycles. The Kier molecular flexibility index (Phi) is 3.93. The summed E-state index contributed by atoms with van der Waals surface area (Å²) < 4.78 is 5.09. The van der Waals surface area contributed by atoms with Crippen molar-refractivity contribution in [2.24, 2.45) is 5.73 Å². The van der Waals surface area contributed by atoms with E-state index >= 15 is 0 Å². The predicted octanol–water partition coefficient (Wildman–Crippen LogP) is 1.34. The zero-order valence-corrected chi connectivity index (χ0v) is 11.3. The summed E-state index contributed by atoms with van der Waals surface area (Å²) in [5.74, 6) is 0.115. The minimum atomic E-state index is -0.631. The number of hydrogen-bond acceptors (Lipinski definition) is 3. The molecular weight excluding hydrogens is 258 g/mol. The molecule has 20 heavy (non-hydrogen) atoms. The van der Waals surface area contributed by atoms with Crippen LogP contribution in [0.2, 0.25) is 0 Å². The largest absolute Gasteiger partial charge is 0.497 e. The van der Waals surface area contributed by atoms with Gasteiger partial charge in [0, 0.05) is 18.3 Å². The number of urea groups is 1. The fraction of sp³-hybridized carbons (Fsp3) is 0.286. The van der Waals surface area contributed by atoms with Gasteiger partial charge in [0.2, 0.25) is 5.91 Å². The van der Waals surface area contributed by atoms with Gasteiger partial charge in [-0.1, -0.05) is 18.2 Å². The Hall–Kier alpha value is -2.50. The molecule has 0 saturated carbocycles. The molecule has 1 aliphatic heterocycles. The van der Waals surface area contributed by atoms with Gasteiger partial charge in [0.05, 0.1) is 7.11 Å². The first-order valence-electron chi connectivity index (χ1n) is 6.19. The molecule has 2 rings (SSSR count). The fourth-order valence-electron chi connectivity index (χ4n) is 2.16. The van der Waals surface area contributed by atoms with Gasteiger partial charge in [-0.3, -0.25) is 4.79 Å². The van der Waals surface area contributed by atoms with E-state index in [9.17, 15) is 9.59 Å². The number of primary amides is 1. The molecule has 1 aromatic rings. The second-order valence-electron chi connectivity index (χ2n) is 4.66. The van der Waals surface area contributed by atoms with E-state index in [1.165, 1.54) is 4.90 Å². The average Bonchev–Trinajstić information content (AvgIpc) is 2.81. The van der Waals surface area contributed by atoms with Crippen LogP contribution in [0.25, 0.3) is 0 Å². The quantitative estimate of drug-likeness (QED) is 0.816. The molecule has 0 spiro atoms. The number of methoxy groups -OCH3 is 1. The van der Waals surface area contributed by atoms with Crippen LogP contribution in [0.15, 0.2) is 36.4 Å². The summed E-state index contributed by atoms with van der Waals surface area (Å²) in [6, 6.07) is 5.98. The highest BCUT2D eigenvalue weighted by atomic mass is 16.5. The van der Waals surface area contributed by atoms with Crippen LogP contribution in [0.3, 0.4) is 0 Å². The van der Waals surface area contributed by atoms with E-state index in [0.29, 0.717) is 24.4 Å². The molecule has 1 heterocycles. The van der Waals surface area contributed by atoms with Crippen molar-refractivity contribution in [3.63, 3.8) is 0 Å². The number of amides is 3. The van der Waals surface area contributed by atoms with Crippen LogP contribution in [0, 0.1) is 0 Å². The van der Waals surface area contributed by atoms with Crippen LogP contribution in [0.4, 0.5) is 10.5 Å². The second kappa shape index (κ2) is 5.64. The number of nitrogens with one attached hydrogen (secondary N) is 1. The maximum atomic E-state index is 12.2. The first-order chi connectivity index (χ1) is 9.51. The highest BCUT2D eigenvalue weighted by molar-refractivity contribution is 5.94. The van der Waals surface area contributed by atoms with Crippen LogP contribution >= 0.6 is 0 Å². The Morgan fingerprint density at radius 3 is 2.90 bits per heavy atom. The Labute approximate surface area is 117 Å². The summed E-state index contributed by atoms with van der Waals surface area (Å²) in [7, 11) is 1.55. The fourth-order valence-corrected chi connectivity index (χ4v) is 2.16. The van der Waals surface area contributed by atoms with Gasteiger partial charge >= 0.3 is 6.03 Å². The second-order valence-corrected chi connectivity index (χ2v) is 4.66. The molecule has 0 aromatic heterocycles. The lowest BCUT2D eigenvalue weighted by atomic mass is 10.2. The molecule has 1 saturated heterocycles. The topological polar surface area (TPSA) is 84.7 Å². The van der Waals surface area contributed by atoms with Gasteiger partial charge in [-0.25, -0.2) is 4.79 Å². The summed E-state index contributed by atoms with van der Waals surface area (Å²) in [4.78, 5) is 24.9. The third-order valence-corrected chi connectivity index (χ3v) is 3.16. The summed E-state index contributed by atoms with van der Waals surface area (Å²) in [6.07, 6.45) is 0.418. The smallest absolute Gasteiger partial charge is 0.322 e. The molecule has 1 aliphatic rings. The third-order valence-electron chi connectivity index (χ3n) is 3.16. The summed E-state index contributed by atoms with van der Waals surface area (Å²) in [5.41, 5.74) is 6.71. The Balaban J connectivity index is 2.10. The number of carbonyl (C=O) groups excluding carboxylic acids is 2. The van der Waals surface area contributed by atoms with E-state index in [0.717, 1.165) is 5.57 Å². The Morgan fingerprint density at radius 2 is 2.25 bits per heavy atom. The van der Waals surface area contributed by atoms with Gasteiger partial charge in [-0.15, -0.1) is 0 Å². The standard InChI is InChI=1S/C14H17N3O3/c1-9-6-12(13(15)18)17(8-9)14(19)16-10-4-3-5-11(7-10)20-2/h3-5,7,12H,1,6,8H2,2H3,(H2,15,18)(H,16,19). The van der Waals surface area contributed by atoms with Crippen molar-refractivity contribution in [3.8, 4) is 5.75 Å². The molecule has 1 aromatic carbocycles. The predicted molar refractivity (Wildman–Crippen MR) is 75.5 cm³/mol. The van der Waals surface area contributed by atoms with Crippen molar-refractivity contribution in [2.45, 2.75) is 12.5 Å². The lowest BCUT2D eigenvalue weighted by molar-refractivity contribution is -0.121. The molecular formula is C14H17N3O3. The number of nitrogens with zero attached hydrogens (tertiary/aromatic N) is 1. The van der Waals surface area contributed by atoms with Gasteiger partial charge in [0.25, 0.3) is 0 Å². The molecule has 6 nitrogen and oxygen atoms in total. The molecule has 3 amide bonds. The van der Waals surface area contributed by atoms with Gasteiger partial charge < -0.3 is 20.7 Å². The van der Waals surface area contributed by atoms with Gasteiger partial charge in [-0.05, 0) is 18.6 Å². The lowest BCUT2D eigenvalue weighted by Crippen LogP contribution is -2.45. The van der Waals surface area contributed by atoms with Crippen LogP contribution in [-0.2, 0) is 4.79 Å². The maximum Gasteiger partial charge on any atom is 0.322 e. The minimum absolute atomic E-state index is 0.337. The lowest BCUT2D eigenvalue weighted by Gasteiger charge is -2.22. The third kappa shape index (κ3) is 2.90. The average molecular weight is 275 g/mol. The molecule has 0 bridgehead atoms. The number of rotatable bonds is 3. The Bertz CT molecular complexity index is 556. The van der Waals surface area contributed by atoms with Crippen LogP contribution in [-0.4, -0.2) is 36.5 Å². The van der Waals surface area contributed by atoms with Crippen LogP contribution < -0.4 is 15.8 Å². The molecule has 1 fully saturated rings. The van der Waals surface area contributed by atoms with Crippen molar-refractivity contribution >= 4 is 17.6 Å². The van der Waals surface area contributed by atoms with Gasteiger partial charge in [0.15, 0.2) is 0 Å². The van der Waals surface area contributed by atoms with E-state index in [2.05, 4.69) is 11.9 Å². The highest BCUT2D eigenvalue weighted by Crippen LogP contribution is 2.23. The normalized spacial score (nSPS) is 17.9. The zero-order valence-electron chi connectivity index (χ0n) is 11.3. The first kappa shape index (κ1) is 13.9. The van der Waals surface area contributed by atoms with Crippen molar-refractivity contribution < 1.29 is 14.3 Å². The SMILES string of the molecule is C=C1CC(C(N)=O)N(C(=O)Nc2cccc(OC)c2)C1. The van der Waals surface area contributed by atoms with Crippen molar-refractivity contribution in [1.82, 2.24) is 4.90 Å². The van der Waals surface area contributed by atoms with Crippen molar-refractivity contribution in [1.29, 1.82) is 0 Å². The monoisotopic (exact) mass is 275 g/mol. The van der Waals surface area contributed by atoms with Gasteiger partial charge in [-0.2, -0.15) is 0 Å². The number of ether oxygens (including phenoxy) is 1. The number of hydrogen-bond donors (Lipinski definition) is 2. The molecule has 106 valence electrons. The molecule has 1 unspecified atom stereocenters. The number of carbonyl (C=O) groups is 2. The summed E-state index contributed by atoms with van der Waals surface area (Å²) in [5, 5.41) is 2.72. The molecule has 1 atom stereocenters. The molecule has 0 radical (unpaired) electrons. The summed E-state index contributed by atoms with van der Waals surface area (Å²) in [6.45, 7) is 4.14. The van der Waals surface area contributed by atoms with Gasteiger partial charge in [0.1, 0.15) is 11.8 Å². The van der Waals surface area contributed by atoms with Crippen molar-refractivity contribution in [3.05, 3.63) is 36.4 Å². The van der Waals surface area contributed by atoms with Crippen LogP contribution in [0.1, 0.15) is 6.42 Å². The maximum absolute atomic E-state index is 12.2. The minimum Gasteiger partial charge on any atom is -0.497 e.